The van der Waals surface area contributed by atoms with Gasteiger partial charge >= 0.3 is 0 Å². The largest absolute Gasteiger partial charge is 0.310 e. The fraction of sp³-hybridized carbons (Fsp3) is 0.400. The SMILES string of the molecule is CCNC(c1cccc2ncccc12)C1CC1. The van der Waals surface area contributed by atoms with E-state index >= 15 is 0 Å². The van der Waals surface area contributed by atoms with Gasteiger partial charge in [-0.2, -0.15) is 0 Å². The van der Waals surface area contributed by atoms with Crippen LogP contribution in [0.3, 0.4) is 0 Å². The molecule has 0 amide bonds. The molecular weight excluding hydrogens is 208 g/mol. The summed E-state index contributed by atoms with van der Waals surface area (Å²) in [6.07, 6.45) is 4.58. The molecular formula is C15H18N2. The number of nitrogens with zero attached hydrogens (tertiary/aromatic N) is 1. The third-order valence-corrected chi connectivity index (χ3v) is 3.53. The van der Waals surface area contributed by atoms with E-state index in [1.165, 1.54) is 23.8 Å². The molecule has 2 nitrogen and oxygen atoms in total. The molecule has 0 spiro atoms. The van der Waals surface area contributed by atoms with Crippen molar-refractivity contribution in [3.05, 3.63) is 42.1 Å². The molecule has 1 atom stereocenters. The van der Waals surface area contributed by atoms with Crippen LogP contribution in [0, 0.1) is 5.92 Å². The number of benzene rings is 1. The van der Waals surface area contributed by atoms with Crippen LogP contribution in [0.5, 0.6) is 0 Å². The van der Waals surface area contributed by atoms with E-state index in [4.69, 9.17) is 0 Å². The summed E-state index contributed by atoms with van der Waals surface area (Å²) in [5, 5.41) is 4.92. The Balaban J connectivity index is 2.08. The lowest BCUT2D eigenvalue weighted by atomic mass is 9.98. The molecule has 0 saturated heterocycles. The molecule has 17 heavy (non-hydrogen) atoms. The molecule has 1 heterocycles. The summed E-state index contributed by atoms with van der Waals surface area (Å²) in [4.78, 5) is 4.44. The summed E-state index contributed by atoms with van der Waals surface area (Å²) < 4.78 is 0. The van der Waals surface area contributed by atoms with E-state index < -0.39 is 0 Å². The highest BCUT2D eigenvalue weighted by molar-refractivity contribution is 5.82. The molecule has 0 radical (unpaired) electrons. The monoisotopic (exact) mass is 226 g/mol. The molecule has 88 valence electrons. The third kappa shape index (κ3) is 2.05. The molecule has 1 N–H and O–H groups in total. The van der Waals surface area contributed by atoms with E-state index in [9.17, 15) is 0 Å². The highest BCUT2D eigenvalue weighted by Gasteiger charge is 2.32. The lowest BCUT2D eigenvalue weighted by Gasteiger charge is -2.19. The van der Waals surface area contributed by atoms with Gasteiger partial charge in [-0.05, 0) is 43.0 Å². The average Bonchev–Trinajstić information content (AvgIpc) is 3.20. The van der Waals surface area contributed by atoms with Gasteiger partial charge in [-0.25, -0.2) is 0 Å². The number of pyridine rings is 1. The van der Waals surface area contributed by atoms with Gasteiger partial charge in [-0.1, -0.05) is 25.1 Å². The van der Waals surface area contributed by atoms with Crippen LogP contribution in [0.15, 0.2) is 36.5 Å². The summed E-state index contributed by atoms with van der Waals surface area (Å²) in [6.45, 7) is 3.20. The number of hydrogen-bond acceptors (Lipinski definition) is 2. The van der Waals surface area contributed by atoms with Crippen LogP contribution in [0.25, 0.3) is 10.9 Å². The zero-order chi connectivity index (χ0) is 11.7. The number of nitrogens with one attached hydrogen (secondary N) is 1. The summed E-state index contributed by atoms with van der Waals surface area (Å²) >= 11 is 0. The van der Waals surface area contributed by atoms with Crippen LogP contribution in [-0.4, -0.2) is 11.5 Å². The third-order valence-electron chi connectivity index (χ3n) is 3.53. The smallest absolute Gasteiger partial charge is 0.0705 e. The van der Waals surface area contributed by atoms with E-state index in [-0.39, 0.29) is 0 Å². The first-order chi connectivity index (χ1) is 8.40. The van der Waals surface area contributed by atoms with Crippen LogP contribution < -0.4 is 5.32 Å². The minimum atomic E-state index is 0.507. The van der Waals surface area contributed by atoms with E-state index in [1.54, 1.807) is 0 Å². The van der Waals surface area contributed by atoms with Crippen molar-refractivity contribution in [2.45, 2.75) is 25.8 Å². The maximum Gasteiger partial charge on any atom is 0.0705 e. The number of rotatable bonds is 4. The van der Waals surface area contributed by atoms with Gasteiger partial charge in [0.15, 0.2) is 0 Å². The predicted octanol–water partition coefficient (Wildman–Crippen LogP) is 3.30. The lowest BCUT2D eigenvalue weighted by Crippen LogP contribution is -2.22. The zero-order valence-electron chi connectivity index (χ0n) is 10.2. The van der Waals surface area contributed by atoms with Crippen molar-refractivity contribution >= 4 is 10.9 Å². The molecule has 0 bridgehead atoms. The summed E-state index contributed by atoms with van der Waals surface area (Å²) in [7, 11) is 0. The van der Waals surface area contributed by atoms with Crippen molar-refractivity contribution in [1.82, 2.24) is 10.3 Å². The second kappa shape index (κ2) is 4.46. The average molecular weight is 226 g/mol. The van der Waals surface area contributed by atoms with Crippen LogP contribution in [0.4, 0.5) is 0 Å². The molecule has 1 saturated carbocycles. The molecule has 1 aliphatic rings. The van der Waals surface area contributed by atoms with Gasteiger partial charge in [0, 0.05) is 17.6 Å². The van der Waals surface area contributed by atoms with Gasteiger partial charge < -0.3 is 5.32 Å². The van der Waals surface area contributed by atoms with E-state index in [0.29, 0.717) is 6.04 Å². The van der Waals surface area contributed by atoms with Crippen molar-refractivity contribution in [3.63, 3.8) is 0 Å². The van der Waals surface area contributed by atoms with E-state index in [2.05, 4.69) is 41.5 Å². The Bertz CT molecular complexity index is 512. The van der Waals surface area contributed by atoms with Gasteiger partial charge in [-0.15, -0.1) is 0 Å². The van der Waals surface area contributed by atoms with Crippen molar-refractivity contribution < 1.29 is 0 Å². The van der Waals surface area contributed by atoms with Crippen molar-refractivity contribution in [2.24, 2.45) is 5.92 Å². The first kappa shape index (κ1) is 10.7. The van der Waals surface area contributed by atoms with Gasteiger partial charge in [0.25, 0.3) is 0 Å². The number of hydrogen-bond donors (Lipinski definition) is 1. The Labute approximate surface area is 102 Å². The van der Waals surface area contributed by atoms with Gasteiger partial charge in [0.05, 0.1) is 5.52 Å². The first-order valence-electron chi connectivity index (χ1n) is 6.47. The second-order valence-electron chi connectivity index (χ2n) is 4.79. The number of fused-ring (bicyclic) bond motifs is 1. The van der Waals surface area contributed by atoms with Gasteiger partial charge in [-0.3, -0.25) is 4.98 Å². The van der Waals surface area contributed by atoms with Crippen molar-refractivity contribution in [2.75, 3.05) is 6.54 Å². The quantitative estimate of drug-likeness (QED) is 0.865. The maximum absolute atomic E-state index is 4.44. The summed E-state index contributed by atoms with van der Waals surface area (Å²) in [6, 6.07) is 11.2. The predicted molar refractivity (Wildman–Crippen MR) is 70.9 cm³/mol. The highest BCUT2D eigenvalue weighted by atomic mass is 14.9. The fourth-order valence-electron chi connectivity index (χ4n) is 2.58. The molecule has 2 heteroatoms. The van der Waals surface area contributed by atoms with Gasteiger partial charge in [0.1, 0.15) is 0 Å². The molecule has 1 aliphatic carbocycles. The highest BCUT2D eigenvalue weighted by Crippen LogP contribution is 2.42. The molecule has 1 aromatic heterocycles. The Morgan fingerprint density at radius 3 is 2.94 bits per heavy atom. The fourth-order valence-corrected chi connectivity index (χ4v) is 2.58. The normalized spacial score (nSPS) is 17.2. The molecule has 1 unspecified atom stereocenters. The number of aromatic nitrogens is 1. The maximum atomic E-state index is 4.44. The minimum absolute atomic E-state index is 0.507. The zero-order valence-corrected chi connectivity index (χ0v) is 10.2. The molecule has 0 aliphatic heterocycles. The van der Waals surface area contributed by atoms with Crippen LogP contribution in [0.1, 0.15) is 31.4 Å². The topological polar surface area (TPSA) is 24.9 Å². The summed E-state index contributed by atoms with van der Waals surface area (Å²) in [5.41, 5.74) is 2.52. The first-order valence-corrected chi connectivity index (χ1v) is 6.47. The molecule has 1 aromatic carbocycles. The van der Waals surface area contributed by atoms with Crippen molar-refractivity contribution in [3.8, 4) is 0 Å². The molecule has 2 aromatic rings. The molecule has 3 rings (SSSR count). The Hall–Kier alpha value is -1.41. The Kier molecular flexibility index (Phi) is 2.81. The van der Waals surface area contributed by atoms with Crippen LogP contribution in [-0.2, 0) is 0 Å². The van der Waals surface area contributed by atoms with Gasteiger partial charge in [0.2, 0.25) is 0 Å². The van der Waals surface area contributed by atoms with E-state index in [0.717, 1.165) is 18.0 Å². The molecule has 1 fully saturated rings. The van der Waals surface area contributed by atoms with Crippen molar-refractivity contribution in [1.29, 1.82) is 0 Å². The lowest BCUT2D eigenvalue weighted by molar-refractivity contribution is 0.499. The summed E-state index contributed by atoms with van der Waals surface area (Å²) in [5.74, 6) is 0.820. The standard InChI is InChI=1S/C15H18N2/c1-2-16-15(11-8-9-11)13-5-3-7-14-12(13)6-4-10-17-14/h3-7,10-11,15-16H,2,8-9H2,1H3. The van der Waals surface area contributed by atoms with E-state index in [1.807, 2.05) is 12.3 Å². The van der Waals surface area contributed by atoms with Crippen LogP contribution in [0.2, 0.25) is 0 Å². The Morgan fingerprint density at radius 1 is 1.29 bits per heavy atom. The minimum Gasteiger partial charge on any atom is -0.310 e. The van der Waals surface area contributed by atoms with Crippen LogP contribution >= 0.6 is 0 Å². The Morgan fingerprint density at radius 2 is 2.18 bits per heavy atom. The second-order valence-corrected chi connectivity index (χ2v) is 4.79.